The van der Waals surface area contributed by atoms with Crippen molar-refractivity contribution in [3.8, 4) is 0 Å². The molecule has 0 unspecified atom stereocenters. The number of nitro benzene ring substituents is 1. The predicted octanol–water partition coefficient (Wildman–Crippen LogP) is 2.99. The summed E-state index contributed by atoms with van der Waals surface area (Å²) in [6.45, 7) is 2.29. The topological polar surface area (TPSA) is 63.5 Å². The number of rotatable bonds is 3. The molecule has 0 atom stereocenters. The molecule has 0 aliphatic rings. The molecule has 5 nitrogen and oxygen atoms in total. The third-order valence-electron chi connectivity index (χ3n) is 2.27. The average molecular weight is 277 g/mol. The summed E-state index contributed by atoms with van der Waals surface area (Å²) in [6, 6.07) is 2.45. The highest BCUT2D eigenvalue weighted by atomic mass is 35.5. The van der Waals surface area contributed by atoms with Crippen LogP contribution in [0.4, 0.5) is 5.69 Å². The number of benzene rings is 1. The van der Waals surface area contributed by atoms with Crippen LogP contribution in [0.2, 0.25) is 10.0 Å². The molecule has 92 valence electrons. The SMILES string of the molecule is CCN(C)C(=O)c1cc(Cl)c(Cl)c([N+](=O)[O-])c1. The van der Waals surface area contributed by atoms with E-state index in [1.807, 2.05) is 0 Å². The molecule has 17 heavy (non-hydrogen) atoms. The van der Waals surface area contributed by atoms with E-state index in [0.717, 1.165) is 6.07 Å². The van der Waals surface area contributed by atoms with E-state index in [0.29, 0.717) is 6.54 Å². The highest BCUT2D eigenvalue weighted by Gasteiger charge is 2.21. The average Bonchev–Trinajstić information content (AvgIpc) is 2.30. The zero-order valence-electron chi connectivity index (χ0n) is 9.24. The lowest BCUT2D eigenvalue weighted by molar-refractivity contribution is -0.384. The zero-order valence-corrected chi connectivity index (χ0v) is 10.7. The van der Waals surface area contributed by atoms with Gasteiger partial charge in [-0.2, -0.15) is 0 Å². The van der Waals surface area contributed by atoms with Gasteiger partial charge in [0.15, 0.2) is 0 Å². The Labute approximate surface area is 108 Å². The molecule has 0 heterocycles. The van der Waals surface area contributed by atoms with E-state index in [9.17, 15) is 14.9 Å². The van der Waals surface area contributed by atoms with Gasteiger partial charge in [0.05, 0.1) is 9.95 Å². The highest BCUT2D eigenvalue weighted by Crippen LogP contribution is 2.33. The molecular formula is C10H10Cl2N2O3. The molecule has 0 bridgehead atoms. The van der Waals surface area contributed by atoms with Gasteiger partial charge in [-0.05, 0) is 13.0 Å². The predicted molar refractivity (Wildman–Crippen MR) is 65.8 cm³/mol. The first-order chi connectivity index (χ1) is 7.88. The van der Waals surface area contributed by atoms with Gasteiger partial charge in [-0.1, -0.05) is 23.2 Å². The van der Waals surface area contributed by atoms with Gasteiger partial charge < -0.3 is 4.90 Å². The Morgan fingerprint density at radius 3 is 2.53 bits per heavy atom. The Balaban J connectivity index is 3.28. The van der Waals surface area contributed by atoms with Gasteiger partial charge in [0.25, 0.3) is 11.6 Å². The summed E-state index contributed by atoms with van der Waals surface area (Å²) in [6.07, 6.45) is 0. The van der Waals surface area contributed by atoms with E-state index in [4.69, 9.17) is 23.2 Å². The number of amides is 1. The third-order valence-corrected chi connectivity index (χ3v) is 3.07. The minimum absolute atomic E-state index is 0.00582. The molecule has 1 aromatic rings. The van der Waals surface area contributed by atoms with E-state index >= 15 is 0 Å². The van der Waals surface area contributed by atoms with Crippen LogP contribution in [0, 0.1) is 10.1 Å². The van der Waals surface area contributed by atoms with Crippen molar-refractivity contribution in [3.63, 3.8) is 0 Å². The Bertz CT molecular complexity index is 477. The van der Waals surface area contributed by atoms with Crippen molar-refractivity contribution >= 4 is 34.8 Å². The lowest BCUT2D eigenvalue weighted by Crippen LogP contribution is -2.26. The van der Waals surface area contributed by atoms with E-state index < -0.39 is 4.92 Å². The van der Waals surface area contributed by atoms with Gasteiger partial charge in [0.1, 0.15) is 5.02 Å². The Morgan fingerprint density at radius 2 is 2.06 bits per heavy atom. The van der Waals surface area contributed by atoms with Crippen molar-refractivity contribution in [2.24, 2.45) is 0 Å². The van der Waals surface area contributed by atoms with Crippen LogP contribution in [0.25, 0.3) is 0 Å². The fourth-order valence-electron chi connectivity index (χ4n) is 1.19. The van der Waals surface area contributed by atoms with E-state index in [1.165, 1.54) is 11.0 Å². The Morgan fingerprint density at radius 1 is 1.47 bits per heavy atom. The van der Waals surface area contributed by atoms with Crippen LogP contribution < -0.4 is 0 Å². The molecule has 0 aromatic heterocycles. The summed E-state index contributed by atoms with van der Waals surface area (Å²) in [7, 11) is 1.59. The van der Waals surface area contributed by atoms with Crippen molar-refractivity contribution < 1.29 is 9.72 Å². The summed E-state index contributed by atoms with van der Waals surface area (Å²) in [5.41, 5.74) is -0.220. The fourth-order valence-corrected chi connectivity index (χ4v) is 1.59. The van der Waals surface area contributed by atoms with Crippen LogP contribution in [0.5, 0.6) is 0 Å². The van der Waals surface area contributed by atoms with Gasteiger partial charge in [-0.3, -0.25) is 14.9 Å². The minimum Gasteiger partial charge on any atom is -0.342 e. The molecular weight excluding hydrogens is 267 g/mol. The van der Waals surface area contributed by atoms with Crippen molar-refractivity contribution in [3.05, 3.63) is 37.9 Å². The van der Waals surface area contributed by atoms with Crippen LogP contribution in [0.15, 0.2) is 12.1 Å². The largest absolute Gasteiger partial charge is 0.342 e. The Hall–Kier alpha value is -1.33. The van der Waals surface area contributed by atoms with Gasteiger partial charge in [-0.25, -0.2) is 0 Å². The number of hydrogen-bond donors (Lipinski definition) is 0. The molecule has 0 N–H and O–H groups in total. The van der Waals surface area contributed by atoms with Crippen molar-refractivity contribution in [1.82, 2.24) is 4.90 Å². The molecule has 0 aliphatic carbocycles. The van der Waals surface area contributed by atoms with Crippen molar-refractivity contribution in [1.29, 1.82) is 0 Å². The maximum absolute atomic E-state index is 11.8. The molecule has 1 amide bonds. The lowest BCUT2D eigenvalue weighted by Gasteiger charge is -2.14. The maximum Gasteiger partial charge on any atom is 0.290 e. The second-order valence-corrected chi connectivity index (χ2v) is 4.15. The third kappa shape index (κ3) is 2.87. The molecule has 1 rings (SSSR count). The highest BCUT2D eigenvalue weighted by molar-refractivity contribution is 6.43. The molecule has 0 aliphatic heterocycles. The van der Waals surface area contributed by atoms with Crippen molar-refractivity contribution in [2.75, 3.05) is 13.6 Å². The normalized spacial score (nSPS) is 10.1. The summed E-state index contributed by atoms with van der Waals surface area (Å²) < 4.78 is 0. The molecule has 0 fully saturated rings. The number of hydrogen-bond acceptors (Lipinski definition) is 3. The van der Waals surface area contributed by atoms with Gasteiger partial charge in [0.2, 0.25) is 0 Å². The molecule has 1 aromatic carbocycles. The van der Waals surface area contributed by atoms with Crippen LogP contribution >= 0.6 is 23.2 Å². The summed E-state index contributed by atoms with van der Waals surface area (Å²) in [4.78, 5) is 23.3. The van der Waals surface area contributed by atoms with E-state index in [2.05, 4.69) is 0 Å². The monoisotopic (exact) mass is 276 g/mol. The van der Waals surface area contributed by atoms with E-state index in [-0.39, 0.29) is 27.2 Å². The minimum atomic E-state index is -0.670. The number of nitrogens with zero attached hydrogens (tertiary/aromatic N) is 2. The maximum atomic E-state index is 11.8. The number of carbonyl (C=O) groups is 1. The Kier molecular flexibility index (Phi) is 4.31. The zero-order chi connectivity index (χ0) is 13.2. The first-order valence-corrected chi connectivity index (χ1v) is 5.53. The summed E-state index contributed by atoms with van der Waals surface area (Å²) in [5.74, 6) is -0.339. The number of nitro groups is 1. The molecule has 0 radical (unpaired) electrons. The molecule has 0 saturated heterocycles. The van der Waals surface area contributed by atoms with Crippen LogP contribution in [0.1, 0.15) is 17.3 Å². The van der Waals surface area contributed by atoms with Gasteiger partial charge in [0, 0.05) is 25.2 Å². The van der Waals surface area contributed by atoms with Crippen LogP contribution in [-0.4, -0.2) is 29.3 Å². The fraction of sp³-hybridized carbons (Fsp3) is 0.300. The second kappa shape index (κ2) is 5.33. The van der Waals surface area contributed by atoms with Crippen LogP contribution in [-0.2, 0) is 0 Å². The molecule has 0 spiro atoms. The first kappa shape index (κ1) is 13.7. The summed E-state index contributed by atoms with van der Waals surface area (Å²) in [5, 5.41) is 10.6. The summed E-state index contributed by atoms with van der Waals surface area (Å²) >= 11 is 11.4. The quantitative estimate of drug-likeness (QED) is 0.630. The standard InChI is InChI=1S/C10H10Cl2N2O3/c1-3-13(2)10(15)6-4-7(11)9(12)8(5-6)14(16)17/h4-5H,3H2,1-2H3. The van der Waals surface area contributed by atoms with Crippen molar-refractivity contribution in [2.45, 2.75) is 6.92 Å². The second-order valence-electron chi connectivity index (χ2n) is 3.37. The number of halogens is 2. The van der Waals surface area contributed by atoms with Crippen LogP contribution in [0.3, 0.4) is 0 Å². The van der Waals surface area contributed by atoms with E-state index in [1.54, 1.807) is 14.0 Å². The molecule has 0 saturated carbocycles. The molecule has 7 heteroatoms. The smallest absolute Gasteiger partial charge is 0.290 e. The number of carbonyl (C=O) groups excluding carboxylic acids is 1. The van der Waals surface area contributed by atoms with Gasteiger partial charge in [-0.15, -0.1) is 0 Å². The first-order valence-electron chi connectivity index (χ1n) is 4.77. The lowest BCUT2D eigenvalue weighted by atomic mass is 10.2. The van der Waals surface area contributed by atoms with Gasteiger partial charge >= 0.3 is 0 Å².